The van der Waals surface area contributed by atoms with Crippen LogP contribution in [0.15, 0.2) is 24.3 Å². The maximum absolute atomic E-state index is 12.4. The predicted molar refractivity (Wildman–Crippen MR) is 83.5 cm³/mol. The van der Waals surface area contributed by atoms with Gasteiger partial charge in [0.25, 0.3) is 0 Å². The number of hydrogen-bond donors (Lipinski definition) is 0. The summed E-state index contributed by atoms with van der Waals surface area (Å²) in [5, 5.41) is 8.93. The van der Waals surface area contributed by atoms with E-state index in [0.29, 0.717) is 12.4 Å². The Kier molecular flexibility index (Phi) is 4.78. The first-order valence-electron chi connectivity index (χ1n) is 7.31. The molecule has 1 saturated carbocycles. The molecule has 6 heteroatoms. The first-order valence-corrected chi connectivity index (χ1v) is 9.02. The van der Waals surface area contributed by atoms with Crippen molar-refractivity contribution in [3.05, 3.63) is 29.8 Å². The van der Waals surface area contributed by atoms with Gasteiger partial charge in [-0.2, -0.15) is 5.26 Å². The summed E-state index contributed by atoms with van der Waals surface area (Å²) in [5.74, 6) is 0.381. The lowest BCUT2D eigenvalue weighted by molar-refractivity contribution is 0.117. The van der Waals surface area contributed by atoms with Crippen LogP contribution in [0, 0.1) is 16.7 Å². The fourth-order valence-electron chi connectivity index (χ4n) is 3.00. The maximum Gasteiger partial charge on any atom is 0.155 e. The predicted octanol–water partition coefficient (Wildman–Crippen LogP) is 2.14. The van der Waals surface area contributed by atoms with E-state index >= 15 is 0 Å². The van der Waals surface area contributed by atoms with Crippen molar-refractivity contribution in [1.29, 1.82) is 5.26 Å². The minimum Gasteiger partial charge on any atom is -0.497 e. The fraction of sp³-hybridized carbons (Fsp3) is 0.562. The Morgan fingerprint density at radius 1 is 1.27 bits per heavy atom. The van der Waals surface area contributed by atoms with Gasteiger partial charge in [0.2, 0.25) is 0 Å². The average Bonchev–Trinajstić information content (AvgIpc) is 3.23. The van der Waals surface area contributed by atoms with E-state index in [1.54, 1.807) is 26.2 Å². The van der Waals surface area contributed by atoms with Crippen LogP contribution in [-0.2, 0) is 14.6 Å². The van der Waals surface area contributed by atoms with Crippen molar-refractivity contribution in [3.63, 3.8) is 0 Å². The van der Waals surface area contributed by atoms with Crippen molar-refractivity contribution >= 4 is 9.84 Å². The molecule has 1 aliphatic rings. The van der Waals surface area contributed by atoms with Gasteiger partial charge in [-0.05, 0) is 24.6 Å². The molecule has 0 bridgehead atoms. The molecule has 120 valence electrons. The van der Waals surface area contributed by atoms with E-state index in [1.807, 2.05) is 19.1 Å². The Labute approximate surface area is 131 Å². The van der Waals surface area contributed by atoms with E-state index in [-0.39, 0.29) is 18.3 Å². The molecule has 0 heterocycles. The van der Waals surface area contributed by atoms with E-state index in [2.05, 4.69) is 6.07 Å². The molecular weight excluding hydrogens is 302 g/mol. The first kappa shape index (κ1) is 16.8. The molecule has 0 aliphatic heterocycles. The molecule has 1 fully saturated rings. The number of nitrogens with zero attached hydrogens (tertiary/aromatic N) is 1. The smallest absolute Gasteiger partial charge is 0.155 e. The quantitative estimate of drug-likeness (QED) is 0.768. The van der Waals surface area contributed by atoms with Crippen LogP contribution in [0.4, 0.5) is 0 Å². The van der Waals surface area contributed by atoms with Crippen LogP contribution >= 0.6 is 0 Å². The number of nitriles is 1. The minimum absolute atomic E-state index is 0.0277. The van der Waals surface area contributed by atoms with Crippen molar-refractivity contribution in [2.75, 3.05) is 26.1 Å². The van der Waals surface area contributed by atoms with Gasteiger partial charge in [0.15, 0.2) is 9.84 Å². The summed E-state index contributed by atoms with van der Waals surface area (Å²) >= 11 is 0. The first-order chi connectivity index (χ1) is 10.5. The number of methoxy groups -OCH3 is 1. The van der Waals surface area contributed by atoms with Crippen molar-refractivity contribution in [3.8, 4) is 11.8 Å². The van der Waals surface area contributed by atoms with Crippen molar-refractivity contribution < 1.29 is 17.9 Å². The number of hydrogen-bond acceptors (Lipinski definition) is 5. The molecule has 1 aliphatic carbocycles. The van der Waals surface area contributed by atoms with E-state index in [1.165, 1.54) is 0 Å². The van der Waals surface area contributed by atoms with Gasteiger partial charge < -0.3 is 9.47 Å². The zero-order valence-electron chi connectivity index (χ0n) is 13.1. The molecule has 0 unspecified atom stereocenters. The highest BCUT2D eigenvalue weighted by molar-refractivity contribution is 7.92. The molecular formula is C16H21NO4S. The highest BCUT2D eigenvalue weighted by Gasteiger charge is 2.71. The van der Waals surface area contributed by atoms with Crippen molar-refractivity contribution in [1.82, 2.24) is 0 Å². The molecule has 0 spiro atoms. The van der Waals surface area contributed by atoms with Crippen LogP contribution in [-0.4, -0.2) is 39.7 Å². The number of ether oxygens (including phenoxy) is 2. The molecule has 1 aromatic rings. The number of rotatable bonds is 7. The van der Waals surface area contributed by atoms with Crippen molar-refractivity contribution in [2.24, 2.45) is 5.41 Å². The summed E-state index contributed by atoms with van der Waals surface area (Å²) in [7, 11) is -1.75. The molecule has 0 saturated heterocycles. The Morgan fingerprint density at radius 3 is 2.36 bits per heavy atom. The molecule has 0 amide bonds. The Morgan fingerprint density at radius 2 is 1.91 bits per heavy atom. The molecule has 1 aromatic carbocycles. The largest absolute Gasteiger partial charge is 0.497 e. The second kappa shape index (κ2) is 6.27. The van der Waals surface area contributed by atoms with E-state index < -0.39 is 20.5 Å². The van der Waals surface area contributed by atoms with E-state index in [4.69, 9.17) is 9.47 Å². The van der Waals surface area contributed by atoms with Gasteiger partial charge in [0.05, 0.1) is 25.0 Å². The van der Waals surface area contributed by atoms with Crippen LogP contribution in [0.5, 0.6) is 5.75 Å². The van der Waals surface area contributed by atoms with Crippen LogP contribution in [0.1, 0.15) is 25.3 Å². The molecule has 0 aromatic heterocycles. The second-order valence-electron chi connectivity index (χ2n) is 5.41. The number of sulfone groups is 1. The Hall–Kier alpha value is -1.58. The molecule has 0 N–H and O–H groups in total. The van der Waals surface area contributed by atoms with Crippen LogP contribution < -0.4 is 4.74 Å². The van der Waals surface area contributed by atoms with Crippen molar-refractivity contribution in [2.45, 2.75) is 25.0 Å². The summed E-state index contributed by atoms with van der Waals surface area (Å²) in [6.45, 7) is 4.04. The zero-order valence-corrected chi connectivity index (χ0v) is 13.9. The van der Waals surface area contributed by atoms with Gasteiger partial charge in [-0.1, -0.05) is 19.1 Å². The average molecular weight is 323 g/mol. The van der Waals surface area contributed by atoms with E-state index in [9.17, 15) is 13.7 Å². The molecule has 2 rings (SSSR count). The Balaban J connectivity index is 2.40. The fourth-order valence-corrected chi connectivity index (χ4v) is 5.01. The summed E-state index contributed by atoms with van der Waals surface area (Å²) in [4.78, 5) is 0. The van der Waals surface area contributed by atoms with E-state index in [0.717, 1.165) is 5.56 Å². The highest BCUT2D eigenvalue weighted by atomic mass is 32.2. The van der Waals surface area contributed by atoms with Gasteiger partial charge in [-0.15, -0.1) is 0 Å². The van der Waals surface area contributed by atoms with Gasteiger partial charge in [0.1, 0.15) is 11.2 Å². The molecule has 22 heavy (non-hydrogen) atoms. The summed E-state index contributed by atoms with van der Waals surface area (Å²) in [6.07, 6.45) is 0. The standard InChI is InChI=1S/C16H21NO4S/c1-4-21-11-16(10-17)14(15(16)22(18,19)5-2)12-6-8-13(20-3)9-7-12/h6-9,14-15H,4-5,11H2,1-3H3/t14-,15-,16+/m0/s1. The lowest BCUT2D eigenvalue weighted by Crippen LogP contribution is -2.20. The second-order valence-corrected chi connectivity index (χ2v) is 7.82. The minimum atomic E-state index is -3.32. The zero-order chi connectivity index (χ0) is 16.4. The normalized spacial score (nSPS) is 27.2. The molecule has 5 nitrogen and oxygen atoms in total. The van der Waals surface area contributed by atoms with Crippen LogP contribution in [0.25, 0.3) is 0 Å². The van der Waals surface area contributed by atoms with Gasteiger partial charge >= 0.3 is 0 Å². The highest BCUT2D eigenvalue weighted by Crippen LogP contribution is 2.63. The summed E-state index contributed by atoms with van der Waals surface area (Å²) in [6, 6.07) is 9.44. The lowest BCUT2D eigenvalue weighted by Gasteiger charge is -2.09. The summed E-state index contributed by atoms with van der Waals surface area (Å²) in [5.41, 5.74) is -0.150. The summed E-state index contributed by atoms with van der Waals surface area (Å²) < 4.78 is 35.3. The molecule has 0 radical (unpaired) electrons. The Bertz CT molecular complexity index is 662. The topological polar surface area (TPSA) is 76.4 Å². The molecule has 3 atom stereocenters. The van der Waals surface area contributed by atoms with Gasteiger partial charge in [0, 0.05) is 18.3 Å². The third-order valence-electron chi connectivity index (χ3n) is 4.27. The van der Waals surface area contributed by atoms with Crippen LogP contribution in [0.3, 0.4) is 0 Å². The lowest BCUT2D eigenvalue weighted by atomic mass is 10.0. The SMILES string of the molecule is CCOC[C@]1(C#N)[C@@H](c2ccc(OC)cc2)[C@@H]1S(=O)(=O)CC. The van der Waals surface area contributed by atoms with Gasteiger partial charge in [-0.3, -0.25) is 0 Å². The monoisotopic (exact) mass is 323 g/mol. The third-order valence-corrected chi connectivity index (χ3v) is 6.54. The number of benzene rings is 1. The van der Waals surface area contributed by atoms with Crippen LogP contribution in [0.2, 0.25) is 0 Å². The maximum atomic E-state index is 12.4. The van der Waals surface area contributed by atoms with Gasteiger partial charge in [-0.25, -0.2) is 8.42 Å². The third kappa shape index (κ3) is 2.71.